The molecule has 0 fully saturated rings. The summed E-state index contributed by atoms with van der Waals surface area (Å²) in [5.74, 6) is -6.07. The summed E-state index contributed by atoms with van der Waals surface area (Å²) in [6.07, 6.45) is 2.21. The molecule has 0 aliphatic carbocycles. The van der Waals surface area contributed by atoms with E-state index in [1.165, 1.54) is 34.0 Å². The predicted octanol–water partition coefficient (Wildman–Crippen LogP) is 4.31. The number of carbonyl (C=O) groups is 4. The van der Waals surface area contributed by atoms with Crippen LogP contribution in [0.25, 0.3) is 31.7 Å². The third kappa shape index (κ3) is 5.15. The fourth-order valence-electron chi connectivity index (χ4n) is 2.44. The van der Waals surface area contributed by atoms with Crippen molar-refractivity contribution < 1.29 is 39.6 Å². The van der Waals surface area contributed by atoms with Crippen LogP contribution >= 0.6 is 34.0 Å². The molecule has 3 heterocycles. The number of carboxylic acids is 4. The molecule has 4 N–H and O–H groups in total. The van der Waals surface area contributed by atoms with E-state index in [1.807, 2.05) is 12.1 Å². The molecule has 3 aromatic heterocycles. The molecule has 0 saturated carbocycles. The van der Waals surface area contributed by atoms with Crippen LogP contribution in [0.3, 0.4) is 0 Å². The van der Waals surface area contributed by atoms with E-state index in [9.17, 15) is 19.2 Å². The molecule has 0 aromatic carbocycles. The van der Waals surface area contributed by atoms with E-state index in [0.717, 1.165) is 31.7 Å². The molecule has 0 atom stereocenters. The zero-order valence-electron chi connectivity index (χ0n) is 15.3. The lowest BCUT2D eigenvalue weighted by Crippen LogP contribution is -2.10. The van der Waals surface area contributed by atoms with Gasteiger partial charge in [-0.3, -0.25) is 0 Å². The van der Waals surface area contributed by atoms with Crippen LogP contribution in [0.15, 0.2) is 47.5 Å². The summed E-state index contributed by atoms with van der Waals surface area (Å²) in [7, 11) is 0. The van der Waals surface area contributed by atoms with Gasteiger partial charge in [0.2, 0.25) is 0 Å². The first-order valence-corrected chi connectivity index (χ1v) is 10.8. The van der Waals surface area contributed by atoms with Crippen molar-refractivity contribution >= 4 is 70.0 Å². The van der Waals surface area contributed by atoms with E-state index in [0.29, 0.717) is 9.75 Å². The fraction of sp³-hybridized carbons (Fsp3) is 0. The second-order valence-electron chi connectivity index (χ2n) is 5.90. The standard InChI is InChI=1S/C20H12O8S3/c21-17(22)11(18(23)24)7-9-1-3-13(29-9)15-5-6-16(31-15)14-4-2-10(30-14)8-12(19(25)26)20(27)28/h1-8H,(H,21,22)(H,23,24)(H,25,26)(H,27,28). The first-order chi connectivity index (χ1) is 14.7. The van der Waals surface area contributed by atoms with E-state index in [1.54, 1.807) is 24.3 Å². The summed E-state index contributed by atoms with van der Waals surface area (Å²) >= 11 is 3.94. The van der Waals surface area contributed by atoms with Gasteiger partial charge < -0.3 is 20.4 Å². The third-order valence-electron chi connectivity index (χ3n) is 3.84. The first-order valence-electron chi connectivity index (χ1n) is 8.32. The van der Waals surface area contributed by atoms with Gasteiger partial charge in [0.1, 0.15) is 11.1 Å². The smallest absolute Gasteiger partial charge is 0.343 e. The van der Waals surface area contributed by atoms with E-state index in [-0.39, 0.29) is 0 Å². The average molecular weight is 477 g/mol. The molecule has 0 saturated heterocycles. The van der Waals surface area contributed by atoms with Crippen LogP contribution in [0, 0.1) is 0 Å². The number of rotatable bonds is 8. The van der Waals surface area contributed by atoms with Crippen molar-refractivity contribution in [2.75, 3.05) is 0 Å². The van der Waals surface area contributed by atoms with Crippen LogP contribution in [0.5, 0.6) is 0 Å². The largest absolute Gasteiger partial charge is 0.477 e. The maximum atomic E-state index is 11.0. The number of hydrogen-bond acceptors (Lipinski definition) is 7. The zero-order chi connectivity index (χ0) is 22.7. The highest BCUT2D eigenvalue weighted by atomic mass is 32.1. The Balaban J connectivity index is 1.85. The maximum Gasteiger partial charge on any atom is 0.343 e. The number of hydrogen-bond donors (Lipinski definition) is 4. The molecular formula is C20H12O8S3. The van der Waals surface area contributed by atoms with E-state index in [2.05, 4.69) is 0 Å². The van der Waals surface area contributed by atoms with Crippen LogP contribution in [0.1, 0.15) is 9.75 Å². The highest BCUT2D eigenvalue weighted by Gasteiger charge is 2.18. The summed E-state index contributed by atoms with van der Waals surface area (Å²) < 4.78 is 0. The molecule has 158 valence electrons. The van der Waals surface area contributed by atoms with Gasteiger partial charge in [-0.05, 0) is 48.6 Å². The van der Waals surface area contributed by atoms with E-state index in [4.69, 9.17) is 20.4 Å². The molecule has 0 bridgehead atoms. The van der Waals surface area contributed by atoms with Gasteiger partial charge in [-0.15, -0.1) is 34.0 Å². The van der Waals surface area contributed by atoms with Crippen LogP contribution in [0.2, 0.25) is 0 Å². The molecule has 0 radical (unpaired) electrons. The minimum Gasteiger partial charge on any atom is -0.477 e. The highest BCUT2D eigenvalue weighted by molar-refractivity contribution is 7.26. The average Bonchev–Trinajstić information content (AvgIpc) is 3.42. The topological polar surface area (TPSA) is 149 Å². The van der Waals surface area contributed by atoms with Crippen molar-refractivity contribution in [3.8, 4) is 19.5 Å². The summed E-state index contributed by atoms with van der Waals surface area (Å²) in [4.78, 5) is 48.5. The SMILES string of the molecule is O=C(O)C(=Cc1ccc(-c2ccc(-c3ccc(C=C(C(=O)O)C(=O)O)s3)s2)s1)C(=O)O. The molecule has 0 spiro atoms. The Morgan fingerprint density at radius 3 is 1.13 bits per heavy atom. The molecule has 11 heteroatoms. The molecule has 3 rings (SSSR count). The predicted molar refractivity (Wildman–Crippen MR) is 117 cm³/mol. The van der Waals surface area contributed by atoms with Crippen molar-refractivity contribution in [2.45, 2.75) is 0 Å². The molecule has 0 aliphatic rings. The van der Waals surface area contributed by atoms with Gasteiger partial charge in [-0.25, -0.2) is 19.2 Å². The van der Waals surface area contributed by atoms with Gasteiger partial charge in [0, 0.05) is 29.3 Å². The van der Waals surface area contributed by atoms with Gasteiger partial charge in [-0.1, -0.05) is 0 Å². The van der Waals surface area contributed by atoms with Crippen molar-refractivity contribution in [2.24, 2.45) is 0 Å². The van der Waals surface area contributed by atoms with E-state index >= 15 is 0 Å². The third-order valence-corrected chi connectivity index (χ3v) is 7.38. The van der Waals surface area contributed by atoms with Crippen molar-refractivity contribution in [3.63, 3.8) is 0 Å². The lowest BCUT2D eigenvalue weighted by Gasteiger charge is -1.94. The number of thiophene rings is 3. The zero-order valence-corrected chi connectivity index (χ0v) is 17.7. The second kappa shape index (κ2) is 9.08. The first kappa shape index (κ1) is 22.2. The van der Waals surface area contributed by atoms with Crippen LogP contribution in [-0.2, 0) is 19.2 Å². The Morgan fingerprint density at radius 1 is 0.516 bits per heavy atom. The quantitative estimate of drug-likeness (QED) is 0.213. The molecule has 0 unspecified atom stereocenters. The van der Waals surface area contributed by atoms with Gasteiger partial charge >= 0.3 is 23.9 Å². The number of aliphatic carboxylic acids is 4. The maximum absolute atomic E-state index is 11.0. The van der Waals surface area contributed by atoms with Gasteiger partial charge in [0.15, 0.2) is 0 Å². The highest BCUT2D eigenvalue weighted by Crippen LogP contribution is 2.40. The molecule has 3 aromatic rings. The Kier molecular flexibility index (Phi) is 6.49. The lowest BCUT2D eigenvalue weighted by molar-refractivity contribution is -0.142. The van der Waals surface area contributed by atoms with Gasteiger partial charge in [-0.2, -0.15) is 0 Å². The minimum absolute atomic E-state index is 0.489. The normalized spacial score (nSPS) is 10.3. The number of carboxylic acid groups (broad SMARTS) is 4. The summed E-state index contributed by atoms with van der Waals surface area (Å²) in [5, 5.41) is 35.9. The molecule has 0 amide bonds. The van der Waals surface area contributed by atoms with Gasteiger partial charge in [0.05, 0.1) is 0 Å². The van der Waals surface area contributed by atoms with Crippen LogP contribution in [0.4, 0.5) is 0 Å². The molecular weight excluding hydrogens is 464 g/mol. The Hall–Kier alpha value is -3.54. The monoisotopic (exact) mass is 476 g/mol. The van der Waals surface area contributed by atoms with Crippen molar-refractivity contribution in [1.82, 2.24) is 0 Å². The fourth-order valence-corrected chi connectivity index (χ4v) is 5.53. The Morgan fingerprint density at radius 2 is 0.806 bits per heavy atom. The molecule has 8 nitrogen and oxygen atoms in total. The minimum atomic E-state index is -1.52. The second-order valence-corrected chi connectivity index (χ2v) is 9.22. The summed E-state index contributed by atoms with van der Waals surface area (Å²) in [5.41, 5.74) is -1.44. The van der Waals surface area contributed by atoms with Crippen LogP contribution in [-0.4, -0.2) is 44.3 Å². The Labute approximate surface area is 186 Å². The molecule has 0 aliphatic heterocycles. The van der Waals surface area contributed by atoms with Crippen molar-refractivity contribution in [3.05, 3.63) is 57.3 Å². The van der Waals surface area contributed by atoms with Gasteiger partial charge in [0.25, 0.3) is 0 Å². The van der Waals surface area contributed by atoms with Crippen molar-refractivity contribution in [1.29, 1.82) is 0 Å². The summed E-state index contributed by atoms with van der Waals surface area (Å²) in [6.45, 7) is 0. The lowest BCUT2D eigenvalue weighted by atomic mass is 10.2. The molecule has 31 heavy (non-hydrogen) atoms. The Bertz CT molecular complexity index is 1130. The summed E-state index contributed by atoms with van der Waals surface area (Å²) in [6, 6.07) is 10.5. The van der Waals surface area contributed by atoms with Crippen LogP contribution < -0.4 is 0 Å². The van der Waals surface area contributed by atoms with E-state index < -0.39 is 35.0 Å².